The fraction of sp³-hybridized carbons (Fsp3) is 0.364. The molecule has 0 aromatic heterocycles. The third-order valence-electron chi connectivity index (χ3n) is 2.24. The maximum atomic E-state index is 11.2. The fourth-order valence-corrected chi connectivity index (χ4v) is 1.79. The predicted octanol–water partition coefficient (Wildman–Crippen LogP) is 2.88. The van der Waals surface area contributed by atoms with Crippen molar-refractivity contribution in [3.63, 3.8) is 0 Å². The van der Waals surface area contributed by atoms with Crippen LogP contribution in [0.1, 0.15) is 35.3 Å². The second-order valence-electron chi connectivity index (χ2n) is 2.96. The van der Waals surface area contributed by atoms with Gasteiger partial charge in [-0.1, -0.05) is 32.0 Å². The minimum absolute atomic E-state index is 0.132. The summed E-state index contributed by atoms with van der Waals surface area (Å²) in [7, 11) is 0. The van der Waals surface area contributed by atoms with Crippen LogP contribution >= 0.6 is 12.6 Å². The van der Waals surface area contributed by atoms with Gasteiger partial charge in [-0.05, 0) is 24.0 Å². The van der Waals surface area contributed by atoms with Gasteiger partial charge in [-0.3, -0.25) is 4.79 Å². The first kappa shape index (κ1) is 10.3. The van der Waals surface area contributed by atoms with E-state index in [4.69, 9.17) is 0 Å². The number of hydrogen-bond acceptors (Lipinski definition) is 1. The van der Waals surface area contributed by atoms with Gasteiger partial charge in [-0.2, -0.15) is 0 Å². The molecule has 70 valence electrons. The first-order valence-corrected chi connectivity index (χ1v) is 4.99. The lowest BCUT2D eigenvalue weighted by atomic mass is 9.98. The molecule has 2 heteroatoms. The second kappa shape index (κ2) is 4.47. The lowest BCUT2D eigenvalue weighted by Gasteiger charge is -2.08. The Balaban J connectivity index is 3.27. The molecule has 0 aliphatic carbocycles. The molecule has 0 bridgehead atoms. The molecule has 1 aromatic carbocycles. The summed E-state index contributed by atoms with van der Waals surface area (Å²) in [6, 6.07) is 5.83. The largest absolute Gasteiger partial charge is 0.282 e. The van der Waals surface area contributed by atoms with E-state index in [9.17, 15) is 4.79 Å². The van der Waals surface area contributed by atoms with E-state index in [0.29, 0.717) is 0 Å². The Morgan fingerprint density at radius 1 is 1.31 bits per heavy atom. The minimum Gasteiger partial charge on any atom is -0.282 e. The summed E-state index contributed by atoms with van der Waals surface area (Å²) >= 11 is 3.86. The molecule has 1 aromatic rings. The molecule has 0 heterocycles. The van der Waals surface area contributed by atoms with Crippen molar-refractivity contribution in [2.45, 2.75) is 26.7 Å². The molecule has 0 aliphatic heterocycles. The summed E-state index contributed by atoms with van der Waals surface area (Å²) in [6.45, 7) is 4.16. The zero-order chi connectivity index (χ0) is 9.84. The third kappa shape index (κ3) is 2.13. The van der Waals surface area contributed by atoms with E-state index in [1.807, 2.05) is 12.1 Å². The van der Waals surface area contributed by atoms with Gasteiger partial charge >= 0.3 is 0 Å². The van der Waals surface area contributed by atoms with Crippen LogP contribution in [0.4, 0.5) is 0 Å². The van der Waals surface area contributed by atoms with Crippen molar-refractivity contribution in [2.24, 2.45) is 0 Å². The summed E-state index contributed by atoms with van der Waals surface area (Å²) in [5, 5.41) is -0.132. The van der Waals surface area contributed by atoms with Crippen LogP contribution in [-0.2, 0) is 12.8 Å². The lowest BCUT2D eigenvalue weighted by Crippen LogP contribution is -2.00. The highest BCUT2D eigenvalue weighted by atomic mass is 32.1. The van der Waals surface area contributed by atoms with Gasteiger partial charge in [-0.25, -0.2) is 0 Å². The Kier molecular flexibility index (Phi) is 3.55. The first-order valence-electron chi connectivity index (χ1n) is 4.54. The number of thiol groups is 1. The van der Waals surface area contributed by atoms with Crippen LogP contribution in [0.2, 0.25) is 0 Å². The van der Waals surface area contributed by atoms with Crippen LogP contribution < -0.4 is 0 Å². The molecule has 0 atom stereocenters. The topological polar surface area (TPSA) is 17.1 Å². The standard InChI is InChI=1S/C11H14OS/c1-3-8-6-5-7-10(11(12)13)9(8)4-2/h5-7H,3-4H2,1-2H3,(H,12,13). The van der Waals surface area contributed by atoms with E-state index in [2.05, 4.69) is 32.5 Å². The molecule has 0 spiro atoms. The van der Waals surface area contributed by atoms with Crippen molar-refractivity contribution in [3.8, 4) is 0 Å². The van der Waals surface area contributed by atoms with Gasteiger partial charge in [0.05, 0.1) is 0 Å². The van der Waals surface area contributed by atoms with Gasteiger partial charge in [0.25, 0.3) is 0 Å². The molecule has 0 amide bonds. The number of carbonyl (C=O) groups excluding carboxylic acids is 1. The average molecular weight is 194 g/mol. The third-order valence-corrected chi connectivity index (χ3v) is 2.48. The molecule has 0 fully saturated rings. The molecule has 0 aliphatic rings. The molecule has 1 rings (SSSR count). The van der Waals surface area contributed by atoms with Crippen molar-refractivity contribution in [1.29, 1.82) is 0 Å². The number of carbonyl (C=O) groups is 1. The smallest absolute Gasteiger partial charge is 0.216 e. The average Bonchev–Trinajstić information content (AvgIpc) is 2.16. The van der Waals surface area contributed by atoms with Crippen molar-refractivity contribution in [2.75, 3.05) is 0 Å². The molecule has 0 saturated carbocycles. The van der Waals surface area contributed by atoms with E-state index >= 15 is 0 Å². The molecule has 1 nitrogen and oxygen atoms in total. The SMILES string of the molecule is CCc1cccc(C(=O)S)c1CC. The monoisotopic (exact) mass is 194 g/mol. The van der Waals surface area contributed by atoms with Crippen molar-refractivity contribution < 1.29 is 4.79 Å². The van der Waals surface area contributed by atoms with Gasteiger partial charge in [0.15, 0.2) is 0 Å². The number of aryl methyl sites for hydroxylation is 1. The zero-order valence-corrected chi connectivity index (χ0v) is 8.90. The van der Waals surface area contributed by atoms with Crippen LogP contribution in [0.3, 0.4) is 0 Å². The van der Waals surface area contributed by atoms with Crippen LogP contribution in [0, 0.1) is 0 Å². The normalized spacial score (nSPS) is 10.1. The van der Waals surface area contributed by atoms with Crippen LogP contribution in [0.5, 0.6) is 0 Å². The van der Waals surface area contributed by atoms with E-state index in [1.165, 1.54) is 5.56 Å². The number of hydrogen-bond donors (Lipinski definition) is 1. The molecular formula is C11H14OS. The Bertz CT molecular complexity index is 318. The maximum absolute atomic E-state index is 11.2. The Morgan fingerprint density at radius 3 is 2.46 bits per heavy atom. The Hall–Kier alpha value is -0.760. The predicted molar refractivity (Wildman–Crippen MR) is 58.5 cm³/mol. The molecule has 0 saturated heterocycles. The van der Waals surface area contributed by atoms with Crippen molar-refractivity contribution in [3.05, 3.63) is 34.9 Å². The van der Waals surface area contributed by atoms with Gasteiger partial charge in [0.1, 0.15) is 0 Å². The van der Waals surface area contributed by atoms with Crippen molar-refractivity contribution >= 4 is 17.7 Å². The van der Waals surface area contributed by atoms with Gasteiger partial charge in [-0.15, -0.1) is 12.6 Å². The quantitative estimate of drug-likeness (QED) is 0.732. The van der Waals surface area contributed by atoms with Gasteiger partial charge < -0.3 is 0 Å². The number of rotatable bonds is 3. The fourth-order valence-electron chi connectivity index (χ4n) is 1.58. The molecular weight excluding hydrogens is 180 g/mol. The van der Waals surface area contributed by atoms with Crippen LogP contribution in [0.15, 0.2) is 18.2 Å². The lowest BCUT2D eigenvalue weighted by molar-refractivity contribution is 0.109. The van der Waals surface area contributed by atoms with E-state index < -0.39 is 0 Å². The van der Waals surface area contributed by atoms with Crippen LogP contribution in [-0.4, -0.2) is 5.12 Å². The Labute approximate surface area is 84.6 Å². The summed E-state index contributed by atoms with van der Waals surface area (Å²) < 4.78 is 0. The summed E-state index contributed by atoms with van der Waals surface area (Å²) in [6.07, 6.45) is 1.86. The molecule has 0 unspecified atom stereocenters. The van der Waals surface area contributed by atoms with E-state index in [-0.39, 0.29) is 5.12 Å². The van der Waals surface area contributed by atoms with Gasteiger partial charge in [0, 0.05) is 5.56 Å². The summed E-state index contributed by atoms with van der Waals surface area (Å²) in [5.74, 6) is 0. The minimum atomic E-state index is -0.132. The molecule has 0 radical (unpaired) electrons. The van der Waals surface area contributed by atoms with Crippen molar-refractivity contribution in [1.82, 2.24) is 0 Å². The maximum Gasteiger partial charge on any atom is 0.216 e. The van der Waals surface area contributed by atoms with Gasteiger partial charge in [0.2, 0.25) is 5.12 Å². The van der Waals surface area contributed by atoms with Crippen LogP contribution in [0.25, 0.3) is 0 Å². The zero-order valence-electron chi connectivity index (χ0n) is 8.00. The highest BCUT2D eigenvalue weighted by Crippen LogP contribution is 2.17. The van der Waals surface area contributed by atoms with E-state index in [1.54, 1.807) is 0 Å². The molecule has 13 heavy (non-hydrogen) atoms. The Morgan fingerprint density at radius 2 is 2.00 bits per heavy atom. The molecule has 0 N–H and O–H groups in total. The highest BCUT2D eigenvalue weighted by Gasteiger charge is 2.08. The first-order chi connectivity index (χ1) is 6.20. The summed E-state index contributed by atoms with van der Waals surface area (Å²) in [5.41, 5.74) is 3.15. The highest BCUT2D eigenvalue weighted by molar-refractivity contribution is 7.97. The second-order valence-corrected chi connectivity index (χ2v) is 3.36. The van der Waals surface area contributed by atoms with E-state index in [0.717, 1.165) is 24.0 Å². The number of benzene rings is 1. The summed E-state index contributed by atoms with van der Waals surface area (Å²) in [4.78, 5) is 11.2.